The van der Waals surface area contributed by atoms with Crippen LogP contribution in [0, 0.1) is 12.7 Å². The zero-order valence-corrected chi connectivity index (χ0v) is 20.1. The summed E-state index contributed by atoms with van der Waals surface area (Å²) in [5.74, 6) is -1.72. The first-order chi connectivity index (χ1) is 17.9. The monoisotopic (exact) mass is 497 g/mol. The molecule has 1 unspecified atom stereocenters. The second-order valence-electron chi connectivity index (χ2n) is 8.83. The number of carbonyl (C=O) groups excluding carboxylic acids is 2. The van der Waals surface area contributed by atoms with E-state index in [1.807, 2.05) is 31.2 Å². The van der Waals surface area contributed by atoms with Crippen LogP contribution in [0.2, 0.25) is 0 Å². The van der Waals surface area contributed by atoms with Crippen LogP contribution in [-0.2, 0) is 22.7 Å². The molecule has 2 heterocycles. The van der Waals surface area contributed by atoms with E-state index in [1.54, 1.807) is 42.5 Å². The predicted molar refractivity (Wildman–Crippen MR) is 135 cm³/mol. The summed E-state index contributed by atoms with van der Waals surface area (Å²) in [5, 5.41) is 11.2. The van der Waals surface area contributed by atoms with Crippen LogP contribution < -0.4 is 4.74 Å². The van der Waals surface area contributed by atoms with E-state index in [-0.39, 0.29) is 17.7 Å². The van der Waals surface area contributed by atoms with Gasteiger partial charge in [0.25, 0.3) is 11.7 Å². The van der Waals surface area contributed by atoms with Crippen LogP contribution in [-0.4, -0.2) is 21.7 Å². The van der Waals surface area contributed by atoms with Crippen LogP contribution in [0.1, 0.15) is 34.1 Å². The smallest absolute Gasteiger partial charge is 0.296 e. The van der Waals surface area contributed by atoms with Gasteiger partial charge in [0.05, 0.1) is 24.4 Å². The first kappa shape index (κ1) is 24.1. The number of aliphatic hydroxyl groups excluding tert-OH is 1. The molecule has 0 radical (unpaired) electrons. The van der Waals surface area contributed by atoms with Crippen molar-refractivity contribution in [1.82, 2.24) is 4.90 Å². The highest BCUT2D eigenvalue weighted by molar-refractivity contribution is 6.46. The summed E-state index contributed by atoms with van der Waals surface area (Å²) in [6, 6.07) is 22.6. The average Bonchev–Trinajstić information content (AvgIpc) is 3.50. The lowest BCUT2D eigenvalue weighted by molar-refractivity contribution is -0.140. The van der Waals surface area contributed by atoms with Crippen LogP contribution in [0.15, 0.2) is 101 Å². The highest BCUT2D eigenvalue weighted by Gasteiger charge is 2.47. The van der Waals surface area contributed by atoms with Crippen molar-refractivity contribution in [3.8, 4) is 5.75 Å². The molecule has 1 atom stereocenters. The molecule has 7 heteroatoms. The molecule has 1 aromatic heterocycles. The number of aryl methyl sites for hydroxylation is 1. The zero-order valence-electron chi connectivity index (χ0n) is 20.1. The lowest BCUT2D eigenvalue weighted by atomic mass is 9.95. The van der Waals surface area contributed by atoms with Crippen molar-refractivity contribution in [3.63, 3.8) is 0 Å². The van der Waals surface area contributed by atoms with Gasteiger partial charge in [0.2, 0.25) is 0 Å². The summed E-state index contributed by atoms with van der Waals surface area (Å²) in [4.78, 5) is 27.4. The summed E-state index contributed by atoms with van der Waals surface area (Å²) < 4.78 is 26.1. The molecule has 0 aliphatic carbocycles. The van der Waals surface area contributed by atoms with Gasteiger partial charge < -0.3 is 19.2 Å². The second-order valence-corrected chi connectivity index (χ2v) is 8.83. The summed E-state index contributed by atoms with van der Waals surface area (Å²) in [6.45, 7) is 2.32. The van der Waals surface area contributed by atoms with Crippen molar-refractivity contribution in [2.24, 2.45) is 0 Å². The minimum atomic E-state index is -1.12. The van der Waals surface area contributed by atoms with Gasteiger partial charge in [-0.2, -0.15) is 0 Å². The quantitative estimate of drug-likeness (QED) is 0.195. The fraction of sp³-hybridized carbons (Fsp3) is 0.133. The number of benzene rings is 3. The molecule has 1 fully saturated rings. The lowest BCUT2D eigenvalue weighted by Gasteiger charge is -2.24. The van der Waals surface area contributed by atoms with Gasteiger partial charge in [-0.15, -0.1) is 0 Å². The van der Waals surface area contributed by atoms with Crippen molar-refractivity contribution in [2.45, 2.75) is 26.1 Å². The Balaban J connectivity index is 1.48. The number of rotatable bonds is 7. The first-order valence-corrected chi connectivity index (χ1v) is 11.8. The van der Waals surface area contributed by atoms with Gasteiger partial charge in [0.15, 0.2) is 0 Å². The van der Waals surface area contributed by atoms with Crippen molar-refractivity contribution >= 4 is 17.4 Å². The Morgan fingerprint density at radius 3 is 2.49 bits per heavy atom. The number of nitrogens with zero attached hydrogens (tertiary/aromatic N) is 1. The summed E-state index contributed by atoms with van der Waals surface area (Å²) in [6.07, 6.45) is 1.45. The van der Waals surface area contributed by atoms with Crippen LogP contribution >= 0.6 is 0 Å². The number of Topliss-reactive ketones (excluding diaryl/α,β-unsaturated/α-hetero) is 1. The van der Waals surface area contributed by atoms with Crippen LogP contribution in [0.3, 0.4) is 0 Å². The Morgan fingerprint density at radius 2 is 1.78 bits per heavy atom. The molecular weight excluding hydrogens is 473 g/mol. The standard InChI is InChI=1S/C30H24FNO5/c1-19-6-4-7-20(16-19)18-37-22-13-11-21(12-14-22)28(33)26-27(24-9-2-3-10-25(24)31)32(30(35)29(26)34)17-23-8-5-15-36-23/h2-16,27,33H,17-18H2,1H3/b28-26-. The molecule has 0 bridgehead atoms. The molecule has 1 N–H and O–H groups in total. The fourth-order valence-electron chi connectivity index (χ4n) is 4.47. The maximum atomic E-state index is 14.9. The van der Waals surface area contributed by atoms with Gasteiger partial charge in [0, 0.05) is 11.1 Å². The zero-order chi connectivity index (χ0) is 25.9. The van der Waals surface area contributed by atoms with E-state index in [0.29, 0.717) is 23.7 Å². The van der Waals surface area contributed by atoms with Crippen molar-refractivity contribution in [1.29, 1.82) is 0 Å². The van der Waals surface area contributed by atoms with E-state index < -0.39 is 29.3 Å². The molecule has 1 amide bonds. The number of hydrogen-bond donors (Lipinski definition) is 1. The second kappa shape index (κ2) is 10.1. The number of halogens is 1. The Bertz CT molecular complexity index is 1470. The van der Waals surface area contributed by atoms with Crippen LogP contribution in [0.5, 0.6) is 5.75 Å². The number of hydrogen-bond acceptors (Lipinski definition) is 5. The molecule has 1 aliphatic rings. The van der Waals surface area contributed by atoms with E-state index in [0.717, 1.165) is 11.1 Å². The highest BCUT2D eigenvalue weighted by Crippen LogP contribution is 2.41. The third-order valence-corrected chi connectivity index (χ3v) is 6.26. The van der Waals surface area contributed by atoms with Crippen molar-refractivity contribution in [2.75, 3.05) is 0 Å². The maximum Gasteiger partial charge on any atom is 0.296 e. The fourth-order valence-corrected chi connectivity index (χ4v) is 4.47. The van der Waals surface area contributed by atoms with Crippen LogP contribution in [0.4, 0.5) is 4.39 Å². The van der Waals surface area contributed by atoms with Gasteiger partial charge in [-0.25, -0.2) is 4.39 Å². The van der Waals surface area contributed by atoms with E-state index >= 15 is 0 Å². The Morgan fingerprint density at radius 1 is 1.00 bits per heavy atom. The Hall–Kier alpha value is -4.65. The molecule has 1 saturated heterocycles. The molecule has 0 spiro atoms. The van der Waals surface area contributed by atoms with Gasteiger partial charge in [-0.1, -0.05) is 48.0 Å². The average molecular weight is 498 g/mol. The van der Waals surface area contributed by atoms with Crippen LogP contribution in [0.25, 0.3) is 5.76 Å². The van der Waals surface area contributed by atoms with Crippen molar-refractivity contribution < 1.29 is 28.2 Å². The minimum absolute atomic E-state index is 0.0565. The largest absolute Gasteiger partial charge is 0.507 e. The SMILES string of the molecule is Cc1cccc(COc2ccc(/C(O)=C3/C(=O)C(=O)N(Cc4ccco4)C3c3ccccc3F)cc2)c1. The molecule has 186 valence electrons. The minimum Gasteiger partial charge on any atom is -0.507 e. The maximum absolute atomic E-state index is 14.9. The van der Waals surface area contributed by atoms with Crippen molar-refractivity contribution in [3.05, 3.63) is 131 Å². The lowest BCUT2D eigenvalue weighted by Crippen LogP contribution is -2.29. The van der Waals surface area contributed by atoms with E-state index in [4.69, 9.17) is 9.15 Å². The number of carbonyl (C=O) groups is 2. The van der Waals surface area contributed by atoms with Gasteiger partial charge in [-0.05, 0) is 55.0 Å². The number of furan rings is 1. The molecule has 0 saturated carbocycles. The normalized spacial score (nSPS) is 16.8. The summed E-state index contributed by atoms with van der Waals surface area (Å²) >= 11 is 0. The number of ketones is 1. The Labute approximate surface area is 213 Å². The Kier molecular flexibility index (Phi) is 6.60. The van der Waals surface area contributed by atoms with E-state index in [9.17, 15) is 19.1 Å². The molecule has 37 heavy (non-hydrogen) atoms. The summed E-state index contributed by atoms with van der Waals surface area (Å²) in [5.41, 5.74) is 2.38. The molecule has 6 nitrogen and oxygen atoms in total. The number of aliphatic hydroxyl groups is 1. The molecule has 4 aromatic rings. The third-order valence-electron chi connectivity index (χ3n) is 6.26. The topological polar surface area (TPSA) is 80.0 Å². The highest BCUT2D eigenvalue weighted by atomic mass is 19.1. The number of amides is 1. The molecule has 1 aliphatic heterocycles. The summed E-state index contributed by atoms with van der Waals surface area (Å²) in [7, 11) is 0. The number of ether oxygens (including phenoxy) is 1. The third kappa shape index (κ3) is 4.89. The molecular formula is C30H24FNO5. The first-order valence-electron chi connectivity index (χ1n) is 11.8. The number of likely N-dealkylation sites (tertiary alicyclic amines) is 1. The molecule has 5 rings (SSSR count). The van der Waals surface area contributed by atoms with Gasteiger partial charge >= 0.3 is 0 Å². The van der Waals surface area contributed by atoms with E-state index in [2.05, 4.69) is 0 Å². The predicted octanol–water partition coefficient (Wildman–Crippen LogP) is 5.93. The van der Waals surface area contributed by atoms with Gasteiger partial charge in [0.1, 0.15) is 29.7 Å². The van der Waals surface area contributed by atoms with E-state index in [1.165, 1.54) is 29.4 Å². The molecule has 3 aromatic carbocycles. The van der Waals surface area contributed by atoms with Gasteiger partial charge in [-0.3, -0.25) is 9.59 Å².